The Balaban J connectivity index is 2.05. The largest absolute Gasteiger partial charge is 0.339 e. The number of pyridine rings is 1. The van der Waals surface area contributed by atoms with Gasteiger partial charge in [0.2, 0.25) is 5.91 Å². The monoisotopic (exact) mass is 300 g/mol. The van der Waals surface area contributed by atoms with E-state index in [4.69, 9.17) is 0 Å². The zero-order valence-electron chi connectivity index (χ0n) is 13.9. The van der Waals surface area contributed by atoms with Gasteiger partial charge in [-0.25, -0.2) is 0 Å². The van der Waals surface area contributed by atoms with Crippen molar-refractivity contribution in [3.05, 3.63) is 47.0 Å². The summed E-state index contributed by atoms with van der Waals surface area (Å²) in [6, 6.07) is 3.93. The van der Waals surface area contributed by atoms with Gasteiger partial charge in [-0.3, -0.25) is 14.9 Å². The number of aromatic amines is 1. The van der Waals surface area contributed by atoms with Crippen LogP contribution in [0.1, 0.15) is 54.7 Å². The third kappa shape index (κ3) is 3.35. The van der Waals surface area contributed by atoms with Gasteiger partial charge in [-0.2, -0.15) is 5.10 Å². The van der Waals surface area contributed by atoms with Crippen LogP contribution in [0.3, 0.4) is 0 Å². The molecule has 0 unspecified atom stereocenters. The summed E-state index contributed by atoms with van der Waals surface area (Å²) >= 11 is 0. The van der Waals surface area contributed by atoms with Crippen molar-refractivity contribution < 1.29 is 4.79 Å². The third-order valence-corrected chi connectivity index (χ3v) is 4.32. The highest BCUT2D eigenvalue weighted by molar-refractivity contribution is 5.77. The van der Waals surface area contributed by atoms with Crippen molar-refractivity contribution in [3.63, 3.8) is 0 Å². The van der Waals surface area contributed by atoms with Crippen LogP contribution in [0.2, 0.25) is 0 Å². The molecule has 0 aromatic carbocycles. The predicted octanol–water partition coefficient (Wildman–Crippen LogP) is 3.13. The lowest BCUT2D eigenvalue weighted by Gasteiger charge is -2.26. The van der Waals surface area contributed by atoms with Crippen LogP contribution in [0.25, 0.3) is 0 Å². The van der Waals surface area contributed by atoms with Gasteiger partial charge < -0.3 is 4.90 Å². The number of carbonyl (C=O) groups excluding carboxylic acids is 1. The fourth-order valence-electron chi connectivity index (χ4n) is 2.88. The molecule has 0 aliphatic carbocycles. The minimum atomic E-state index is 0.0363. The van der Waals surface area contributed by atoms with Crippen LogP contribution < -0.4 is 0 Å². The highest BCUT2D eigenvalue weighted by atomic mass is 16.2. The van der Waals surface area contributed by atoms with E-state index in [2.05, 4.69) is 22.1 Å². The van der Waals surface area contributed by atoms with Crippen molar-refractivity contribution in [2.75, 3.05) is 7.05 Å². The van der Waals surface area contributed by atoms with Crippen LogP contribution in [-0.4, -0.2) is 33.0 Å². The van der Waals surface area contributed by atoms with E-state index < -0.39 is 0 Å². The van der Waals surface area contributed by atoms with E-state index in [9.17, 15) is 4.79 Å². The summed E-state index contributed by atoms with van der Waals surface area (Å²) in [6.07, 6.45) is 3.99. The van der Waals surface area contributed by atoms with Gasteiger partial charge in [0.05, 0.1) is 11.7 Å². The van der Waals surface area contributed by atoms with E-state index in [1.165, 1.54) is 0 Å². The first-order valence-electron chi connectivity index (χ1n) is 7.58. The van der Waals surface area contributed by atoms with Crippen molar-refractivity contribution in [2.24, 2.45) is 0 Å². The quantitative estimate of drug-likeness (QED) is 0.922. The number of hydrogen-bond acceptors (Lipinski definition) is 3. The first-order valence-corrected chi connectivity index (χ1v) is 7.58. The summed E-state index contributed by atoms with van der Waals surface area (Å²) in [7, 11) is 1.86. The lowest BCUT2D eigenvalue weighted by Crippen LogP contribution is -2.30. The number of carbonyl (C=O) groups is 1. The molecule has 0 aliphatic heterocycles. The van der Waals surface area contributed by atoms with E-state index in [-0.39, 0.29) is 17.9 Å². The molecule has 1 amide bonds. The van der Waals surface area contributed by atoms with Gasteiger partial charge in [-0.15, -0.1) is 0 Å². The zero-order valence-corrected chi connectivity index (χ0v) is 13.9. The number of rotatable bonds is 5. The van der Waals surface area contributed by atoms with Crippen molar-refractivity contribution >= 4 is 5.91 Å². The average molecular weight is 300 g/mol. The van der Waals surface area contributed by atoms with E-state index in [1.807, 2.05) is 40.0 Å². The smallest absolute Gasteiger partial charge is 0.223 e. The molecule has 0 saturated carbocycles. The molecule has 0 bridgehead atoms. The van der Waals surface area contributed by atoms with E-state index >= 15 is 0 Å². The van der Waals surface area contributed by atoms with Gasteiger partial charge in [0, 0.05) is 31.6 Å². The Morgan fingerprint density at radius 1 is 1.27 bits per heavy atom. The highest BCUT2D eigenvalue weighted by Crippen LogP contribution is 2.26. The molecule has 1 N–H and O–H groups in total. The molecular weight excluding hydrogens is 276 g/mol. The molecule has 5 heteroatoms. The molecular formula is C17H24N4O. The van der Waals surface area contributed by atoms with Crippen molar-refractivity contribution in [2.45, 2.75) is 46.1 Å². The second kappa shape index (κ2) is 6.73. The maximum absolute atomic E-state index is 12.6. The Kier molecular flexibility index (Phi) is 4.96. The minimum absolute atomic E-state index is 0.0363. The molecule has 2 atom stereocenters. The Labute approximate surface area is 131 Å². The second-order valence-electron chi connectivity index (χ2n) is 5.91. The van der Waals surface area contributed by atoms with Crippen LogP contribution in [0, 0.1) is 13.8 Å². The number of aryl methyl sites for hydroxylation is 2. The van der Waals surface area contributed by atoms with Crippen LogP contribution in [-0.2, 0) is 4.79 Å². The lowest BCUT2D eigenvalue weighted by molar-refractivity contribution is -0.132. The molecule has 2 rings (SSSR count). The van der Waals surface area contributed by atoms with Crippen molar-refractivity contribution in [1.29, 1.82) is 0 Å². The number of amides is 1. The first kappa shape index (κ1) is 16.2. The number of H-pyrrole nitrogens is 1. The topological polar surface area (TPSA) is 61.9 Å². The van der Waals surface area contributed by atoms with Gasteiger partial charge in [-0.05, 0) is 49.9 Å². The normalized spacial score (nSPS) is 13.7. The Morgan fingerprint density at radius 3 is 2.45 bits per heavy atom. The third-order valence-electron chi connectivity index (χ3n) is 4.32. The van der Waals surface area contributed by atoms with Gasteiger partial charge in [-0.1, -0.05) is 6.92 Å². The molecule has 0 aliphatic rings. The van der Waals surface area contributed by atoms with Gasteiger partial charge in [0.15, 0.2) is 0 Å². The number of hydrogen-bond donors (Lipinski definition) is 1. The summed E-state index contributed by atoms with van der Waals surface area (Å²) in [5.41, 5.74) is 4.26. The molecule has 22 heavy (non-hydrogen) atoms. The van der Waals surface area contributed by atoms with E-state index in [0.717, 1.165) is 22.5 Å². The SMILES string of the molecule is Cc1n[nH]c(C)c1[C@H](C)CC(=O)N(C)[C@@H](C)c1ccncc1. The average Bonchev–Trinajstić information content (AvgIpc) is 2.85. The standard InChI is InChI=1S/C17H24N4O/c1-11(17-12(2)19-20-13(17)3)10-16(22)21(5)14(4)15-6-8-18-9-7-15/h6-9,11,14H,10H2,1-5H3,(H,19,20)/t11-,14+/m1/s1. The molecule has 0 radical (unpaired) electrons. The van der Waals surface area contributed by atoms with Crippen LogP contribution in [0.15, 0.2) is 24.5 Å². The maximum Gasteiger partial charge on any atom is 0.223 e. The van der Waals surface area contributed by atoms with Crippen LogP contribution in [0.4, 0.5) is 0 Å². The number of aromatic nitrogens is 3. The van der Waals surface area contributed by atoms with Crippen molar-refractivity contribution in [3.8, 4) is 0 Å². The van der Waals surface area contributed by atoms with E-state index in [0.29, 0.717) is 6.42 Å². The molecule has 2 heterocycles. The molecule has 2 aromatic rings. The predicted molar refractivity (Wildman–Crippen MR) is 86.5 cm³/mol. The van der Waals surface area contributed by atoms with Crippen molar-refractivity contribution in [1.82, 2.24) is 20.1 Å². The fourth-order valence-corrected chi connectivity index (χ4v) is 2.88. The maximum atomic E-state index is 12.6. The molecule has 0 saturated heterocycles. The molecule has 2 aromatic heterocycles. The molecule has 5 nitrogen and oxygen atoms in total. The lowest BCUT2D eigenvalue weighted by atomic mass is 9.95. The zero-order chi connectivity index (χ0) is 16.3. The highest BCUT2D eigenvalue weighted by Gasteiger charge is 2.22. The summed E-state index contributed by atoms with van der Waals surface area (Å²) in [6.45, 7) is 8.09. The Hall–Kier alpha value is -2.17. The number of nitrogens with one attached hydrogen (secondary N) is 1. The van der Waals surface area contributed by atoms with Gasteiger partial charge in [0.25, 0.3) is 0 Å². The summed E-state index contributed by atoms with van der Waals surface area (Å²) < 4.78 is 0. The summed E-state index contributed by atoms with van der Waals surface area (Å²) in [5.74, 6) is 0.287. The Morgan fingerprint density at radius 2 is 1.91 bits per heavy atom. The molecule has 118 valence electrons. The minimum Gasteiger partial charge on any atom is -0.339 e. The second-order valence-corrected chi connectivity index (χ2v) is 5.91. The van der Waals surface area contributed by atoms with Crippen LogP contribution >= 0.6 is 0 Å². The summed E-state index contributed by atoms with van der Waals surface area (Å²) in [5, 5.41) is 7.20. The number of nitrogens with zero attached hydrogens (tertiary/aromatic N) is 3. The summed E-state index contributed by atoms with van der Waals surface area (Å²) in [4.78, 5) is 18.4. The molecule has 0 fully saturated rings. The molecule has 0 spiro atoms. The van der Waals surface area contributed by atoms with Crippen LogP contribution in [0.5, 0.6) is 0 Å². The Bertz CT molecular complexity index is 616. The van der Waals surface area contributed by atoms with Gasteiger partial charge >= 0.3 is 0 Å². The van der Waals surface area contributed by atoms with E-state index in [1.54, 1.807) is 17.3 Å². The first-order chi connectivity index (χ1) is 10.4. The van der Waals surface area contributed by atoms with Gasteiger partial charge in [0.1, 0.15) is 0 Å². The fraction of sp³-hybridized carbons (Fsp3) is 0.471.